The molecule has 0 aliphatic heterocycles. The van der Waals surface area contributed by atoms with Crippen molar-refractivity contribution in [3.63, 3.8) is 0 Å². The largest absolute Gasteiger partial charge is 0.459 e. The molecule has 0 unspecified atom stereocenters. The minimum absolute atomic E-state index is 0.0717. The molecule has 0 bridgehead atoms. The van der Waals surface area contributed by atoms with Crippen molar-refractivity contribution >= 4 is 29.2 Å². The van der Waals surface area contributed by atoms with Crippen molar-refractivity contribution in [3.8, 4) is 0 Å². The Balaban J connectivity index is 2.26. The van der Waals surface area contributed by atoms with E-state index in [0.29, 0.717) is 11.4 Å². The number of furan rings is 1. The lowest BCUT2D eigenvalue weighted by Crippen LogP contribution is -2.26. The second kappa shape index (κ2) is 6.44. The van der Waals surface area contributed by atoms with Gasteiger partial charge in [0.25, 0.3) is 5.91 Å². The van der Waals surface area contributed by atoms with E-state index in [-0.39, 0.29) is 23.6 Å². The van der Waals surface area contributed by atoms with E-state index in [1.807, 2.05) is 0 Å². The van der Waals surface area contributed by atoms with Crippen molar-refractivity contribution in [2.75, 3.05) is 5.32 Å². The molecule has 0 aliphatic carbocycles. The monoisotopic (exact) mass is 300 g/mol. The Morgan fingerprint density at radius 2 is 1.95 bits per heavy atom. The van der Waals surface area contributed by atoms with Crippen LogP contribution in [-0.2, 0) is 0 Å². The third kappa shape index (κ3) is 3.63. The summed E-state index contributed by atoms with van der Waals surface area (Å²) in [6.45, 7) is 1.79. The average molecular weight is 300 g/mol. The zero-order valence-electron chi connectivity index (χ0n) is 11.9. The first-order valence-corrected chi connectivity index (χ1v) is 6.35. The fourth-order valence-electron chi connectivity index (χ4n) is 1.75. The highest BCUT2D eigenvalue weighted by Crippen LogP contribution is 2.26. The molecule has 8 heteroatoms. The summed E-state index contributed by atoms with van der Waals surface area (Å²) in [5.74, 6) is -0.390. The molecule has 0 saturated carbocycles. The van der Waals surface area contributed by atoms with Crippen LogP contribution in [0.25, 0.3) is 0 Å². The molecule has 0 fully saturated rings. The highest BCUT2D eigenvalue weighted by Gasteiger charge is 2.11. The molecule has 1 aromatic heterocycles. The normalized spacial score (nSPS) is 11.0. The lowest BCUT2D eigenvalue weighted by molar-refractivity contribution is 0.0996. The molecule has 2 rings (SSSR count). The second-order valence-electron chi connectivity index (χ2n) is 4.39. The third-order valence-corrected chi connectivity index (χ3v) is 2.78. The number of amides is 1. The van der Waals surface area contributed by atoms with Crippen LogP contribution in [0.1, 0.15) is 16.1 Å². The summed E-state index contributed by atoms with van der Waals surface area (Å²) in [7, 11) is 0. The minimum Gasteiger partial charge on any atom is -0.459 e. The molecule has 0 radical (unpaired) electrons. The Morgan fingerprint density at radius 3 is 2.59 bits per heavy atom. The molecule has 0 saturated heterocycles. The zero-order chi connectivity index (χ0) is 16.1. The number of nitrogens with one attached hydrogen (secondary N) is 1. The van der Waals surface area contributed by atoms with Crippen LogP contribution in [0.3, 0.4) is 0 Å². The number of rotatable bonds is 3. The first-order chi connectivity index (χ1) is 10.5. The lowest BCUT2D eigenvalue weighted by Gasteiger charge is -2.09. The van der Waals surface area contributed by atoms with Gasteiger partial charge in [-0.1, -0.05) is 6.07 Å². The highest BCUT2D eigenvalue weighted by atomic mass is 16.3. The maximum atomic E-state index is 12.0. The number of nitrogens with zero attached hydrogens (tertiary/aromatic N) is 2. The number of aliphatic imine (C=N–C) groups is 2. The number of guanidine groups is 2. The van der Waals surface area contributed by atoms with Gasteiger partial charge in [0.05, 0.1) is 12.0 Å². The Morgan fingerprint density at radius 1 is 1.18 bits per heavy atom. The summed E-state index contributed by atoms with van der Waals surface area (Å²) in [5.41, 5.74) is 17.9. The number of benzene rings is 1. The standard InChI is InChI=1S/C14H16N6O2/c1-8-9(18-12(21)11-6-3-7-22-11)4-2-5-10(8)19-14(17)20-13(15)16/h2-7H,1H3,(H,18,21)(H6,15,16,17,19,20). The van der Waals surface area contributed by atoms with Crippen LogP contribution in [0.15, 0.2) is 51.0 Å². The number of carbonyl (C=O) groups is 1. The summed E-state index contributed by atoms with van der Waals surface area (Å²) >= 11 is 0. The van der Waals surface area contributed by atoms with Crippen LogP contribution in [0.5, 0.6) is 0 Å². The van der Waals surface area contributed by atoms with Crippen LogP contribution in [0.2, 0.25) is 0 Å². The predicted molar refractivity (Wildman–Crippen MR) is 84.9 cm³/mol. The molecule has 1 heterocycles. The van der Waals surface area contributed by atoms with E-state index in [1.54, 1.807) is 37.3 Å². The Kier molecular flexibility index (Phi) is 4.42. The molecule has 0 spiro atoms. The van der Waals surface area contributed by atoms with Crippen molar-refractivity contribution in [1.29, 1.82) is 0 Å². The van der Waals surface area contributed by atoms with Gasteiger partial charge in [0.2, 0.25) is 5.96 Å². The summed E-state index contributed by atoms with van der Waals surface area (Å²) in [5, 5.41) is 2.74. The molecule has 8 nitrogen and oxygen atoms in total. The van der Waals surface area contributed by atoms with Gasteiger partial charge in [0.15, 0.2) is 11.7 Å². The van der Waals surface area contributed by atoms with Gasteiger partial charge < -0.3 is 26.9 Å². The van der Waals surface area contributed by atoms with Crippen LogP contribution < -0.4 is 22.5 Å². The fraction of sp³-hybridized carbons (Fsp3) is 0.0714. The summed E-state index contributed by atoms with van der Waals surface area (Å²) in [6.07, 6.45) is 1.43. The molecule has 114 valence electrons. The highest BCUT2D eigenvalue weighted by molar-refractivity contribution is 6.03. The summed E-state index contributed by atoms with van der Waals surface area (Å²) in [4.78, 5) is 19.7. The molecule has 0 aliphatic rings. The summed E-state index contributed by atoms with van der Waals surface area (Å²) < 4.78 is 5.04. The smallest absolute Gasteiger partial charge is 0.291 e. The van der Waals surface area contributed by atoms with Gasteiger partial charge in [-0.25, -0.2) is 4.99 Å². The van der Waals surface area contributed by atoms with Gasteiger partial charge >= 0.3 is 0 Å². The van der Waals surface area contributed by atoms with E-state index in [1.165, 1.54) is 6.26 Å². The van der Waals surface area contributed by atoms with E-state index >= 15 is 0 Å². The van der Waals surface area contributed by atoms with Crippen molar-refractivity contribution in [2.24, 2.45) is 27.2 Å². The molecular weight excluding hydrogens is 284 g/mol. The molecule has 0 atom stereocenters. The van der Waals surface area contributed by atoms with E-state index < -0.39 is 0 Å². The van der Waals surface area contributed by atoms with Crippen LogP contribution >= 0.6 is 0 Å². The number of carbonyl (C=O) groups excluding carboxylic acids is 1. The van der Waals surface area contributed by atoms with Crippen molar-refractivity contribution < 1.29 is 9.21 Å². The van der Waals surface area contributed by atoms with Crippen LogP contribution in [-0.4, -0.2) is 17.8 Å². The van der Waals surface area contributed by atoms with Crippen molar-refractivity contribution in [3.05, 3.63) is 47.9 Å². The summed E-state index contributed by atoms with van der Waals surface area (Å²) in [6, 6.07) is 8.41. The van der Waals surface area contributed by atoms with Gasteiger partial charge in [0.1, 0.15) is 0 Å². The van der Waals surface area contributed by atoms with Gasteiger partial charge in [-0.3, -0.25) is 4.79 Å². The number of anilines is 1. The molecular formula is C14H16N6O2. The van der Waals surface area contributed by atoms with Crippen LogP contribution in [0, 0.1) is 6.92 Å². The second-order valence-corrected chi connectivity index (χ2v) is 4.39. The Bertz CT molecular complexity index is 730. The van der Waals surface area contributed by atoms with Gasteiger partial charge in [-0.05, 0) is 36.8 Å². The molecule has 1 aromatic carbocycles. The minimum atomic E-state index is -0.355. The van der Waals surface area contributed by atoms with Gasteiger partial charge in [-0.15, -0.1) is 0 Å². The van der Waals surface area contributed by atoms with E-state index in [4.69, 9.17) is 21.6 Å². The Labute approximate surface area is 126 Å². The van der Waals surface area contributed by atoms with E-state index in [0.717, 1.165) is 5.56 Å². The molecule has 22 heavy (non-hydrogen) atoms. The first kappa shape index (κ1) is 15.1. The molecule has 7 N–H and O–H groups in total. The fourth-order valence-corrected chi connectivity index (χ4v) is 1.75. The van der Waals surface area contributed by atoms with Gasteiger partial charge in [-0.2, -0.15) is 4.99 Å². The quantitative estimate of drug-likeness (QED) is 0.494. The molecule has 2 aromatic rings. The number of nitrogens with two attached hydrogens (primary N) is 3. The third-order valence-electron chi connectivity index (χ3n) is 2.78. The predicted octanol–water partition coefficient (Wildman–Crippen LogP) is 1.06. The topological polar surface area (TPSA) is 145 Å². The number of hydrogen-bond acceptors (Lipinski definition) is 3. The Hall–Kier alpha value is -3.29. The van der Waals surface area contributed by atoms with Gasteiger partial charge in [0, 0.05) is 5.69 Å². The van der Waals surface area contributed by atoms with Crippen molar-refractivity contribution in [2.45, 2.75) is 6.92 Å². The lowest BCUT2D eigenvalue weighted by atomic mass is 10.1. The van der Waals surface area contributed by atoms with Crippen LogP contribution in [0.4, 0.5) is 11.4 Å². The van der Waals surface area contributed by atoms with E-state index in [2.05, 4.69) is 15.3 Å². The average Bonchev–Trinajstić information content (AvgIpc) is 2.96. The first-order valence-electron chi connectivity index (χ1n) is 6.35. The maximum Gasteiger partial charge on any atom is 0.291 e. The molecule has 1 amide bonds. The SMILES string of the molecule is Cc1c(N=C(N)N=C(N)N)cccc1NC(=O)c1ccco1. The maximum absolute atomic E-state index is 12.0. The van der Waals surface area contributed by atoms with Crippen molar-refractivity contribution in [1.82, 2.24) is 0 Å². The van der Waals surface area contributed by atoms with E-state index in [9.17, 15) is 4.79 Å². The zero-order valence-corrected chi connectivity index (χ0v) is 11.9. The number of hydrogen-bond donors (Lipinski definition) is 4.